The fraction of sp³-hybridized carbons (Fsp3) is 0.111. The molecule has 4 heteroatoms. The minimum absolute atomic E-state index is 0.532. The molecule has 0 bridgehead atoms. The molecule has 0 aromatic heterocycles. The lowest BCUT2D eigenvalue weighted by atomic mass is 10.2. The highest BCUT2D eigenvalue weighted by atomic mass is 35.5. The first-order valence-electron chi connectivity index (χ1n) is 3.57. The smallest absolute Gasteiger partial charge is 0.153 e. The highest BCUT2D eigenvalue weighted by molar-refractivity contribution is 6.35. The van der Waals surface area contributed by atoms with Crippen LogP contribution in [0.3, 0.4) is 0 Å². The van der Waals surface area contributed by atoms with E-state index in [-0.39, 0.29) is 0 Å². The van der Waals surface area contributed by atoms with Crippen LogP contribution in [-0.4, -0.2) is 19.6 Å². The van der Waals surface area contributed by atoms with Crippen LogP contribution in [0.5, 0.6) is 0 Å². The Bertz CT molecular complexity index is 338. The van der Waals surface area contributed by atoms with E-state index in [1.54, 1.807) is 25.2 Å². The number of hydrogen-bond acceptors (Lipinski definition) is 1. The Morgan fingerprint density at radius 2 is 1.77 bits per heavy atom. The molecule has 0 amide bonds. The van der Waals surface area contributed by atoms with E-state index in [9.17, 15) is 0 Å². The molecule has 68 valence electrons. The van der Waals surface area contributed by atoms with E-state index in [1.165, 1.54) is 0 Å². The van der Waals surface area contributed by atoms with Crippen LogP contribution in [0.2, 0.25) is 10.0 Å². The van der Waals surface area contributed by atoms with E-state index < -0.39 is 0 Å². The summed E-state index contributed by atoms with van der Waals surface area (Å²) >= 11 is 11.6. The van der Waals surface area contributed by atoms with E-state index in [0.29, 0.717) is 15.9 Å². The molecule has 0 unspecified atom stereocenters. The van der Waals surface area contributed by atoms with Crippen LogP contribution in [0, 0.1) is 0 Å². The Kier molecular flexibility index (Phi) is 3.46. The quantitative estimate of drug-likeness (QED) is 0.508. The summed E-state index contributed by atoms with van der Waals surface area (Å²) in [5, 5.41) is 1.12. The number of hydrogen-bond donors (Lipinski definition) is 0. The zero-order chi connectivity index (χ0) is 9.84. The van der Waals surface area contributed by atoms with Crippen molar-refractivity contribution < 1.29 is 0 Å². The summed E-state index contributed by atoms with van der Waals surface area (Å²) in [7, 11) is 1.64. The standard InChI is InChI=1S/C9H8Cl2N2/c1-12-9(13-2)6-3-7(10)5-8(11)4-6/h3-5H,1H2,2H3. The Morgan fingerprint density at radius 3 is 2.15 bits per heavy atom. The minimum Gasteiger partial charge on any atom is -0.270 e. The van der Waals surface area contributed by atoms with Gasteiger partial charge in [-0.25, -0.2) is 4.99 Å². The van der Waals surface area contributed by atoms with Crippen LogP contribution in [0.4, 0.5) is 0 Å². The lowest BCUT2D eigenvalue weighted by Gasteiger charge is -2.00. The van der Waals surface area contributed by atoms with Crippen molar-refractivity contribution in [3.05, 3.63) is 33.8 Å². The molecule has 0 aliphatic heterocycles. The van der Waals surface area contributed by atoms with E-state index in [2.05, 4.69) is 16.7 Å². The first-order valence-corrected chi connectivity index (χ1v) is 4.33. The molecule has 1 aromatic carbocycles. The first-order chi connectivity index (χ1) is 6.17. The van der Waals surface area contributed by atoms with Gasteiger partial charge in [0.1, 0.15) is 0 Å². The van der Waals surface area contributed by atoms with Crippen molar-refractivity contribution >= 4 is 35.8 Å². The van der Waals surface area contributed by atoms with Crippen LogP contribution in [0.15, 0.2) is 28.2 Å². The summed E-state index contributed by atoms with van der Waals surface area (Å²) in [5.74, 6) is 0.532. The van der Waals surface area contributed by atoms with Crippen molar-refractivity contribution in [2.75, 3.05) is 7.05 Å². The Hall–Kier alpha value is -0.860. The second kappa shape index (κ2) is 4.40. The molecule has 1 rings (SSSR count). The van der Waals surface area contributed by atoms with Gasteiger partial charge in [0.05, 0.1) is 0 Å². The largest absolute Gasteiger partial charge is 0.270 e. The van der Waals surface area contributed by atoms with Crippen LogP contribution < -0.4 is 0 Å². The Morgan fingerprint density at radius 1 is 1.23 bits per heavy atom. The van der Waals surface area contributed by atoms with Crippen molar-refractivity contribution in [3.8, 4) is 0 Å². The molecule has 0 aliphatic rings. The van der Waals surface area contributed by atoms with Crippen LogP contribution in [-0.2, 0) is 0 Å². The zero-order valence-electron chi connectivity index (χ0n) is 7.09. The summed E-state index contributed by atoms with van der Waals surface area (Å²) < 4.78 is 0. The van der Waals surface area contributed by atoms with E-state index in [4.69, 9.17) is 23.2 Å². The summed E-state index contributed by atoms with van der Waals surface area (Å²) in [6.45, 7) is 3.40. The fourth-order valence-corrected chi connectivity index (χ4v) is 1.50. The van der Waals surface area contributed by atoms with Gasteiger partial charge in [-0.15, -0.1) is 0 Å². The highest BCUT2D eigenvalue weighted by Crippen LogP contribution is 2.19. The average molecular weight is 215 g/mol. The monoisotopic (exact) mass is 214 g/mol. The second-order valence-corrected chi connectivity index (χ2v) is 3.24. The summed E-state index contributed by atoms with van der Waals surface area (Å²) in [4.78, 5) is 7.67. The molecule has 0 saturated carbocycles. The van der Waals surface area contributed by atoms with E-state index in [0.717, 1.165) is 5.56 Å². The first kappa shape index (κ1) is 10.2. The molecule has 13 heavy (non-hydrogen) atoms. The van der Waals surface area contributed by atoms with Crippen molar-refractivity contribution in [2.24, 2.45) is 9.98 Å². The third-order valence-electron chi connectivity index (χ3n) is 1.48. The zero-order valence-corrected chi connectivity index (χ0v) is 8.60. The van der Waals surface area contributed by atoms with Crippen molar-refractivity contribution in [1.29, 1.82) is 0 Å². The molecule has 0 heterocycles. The van der Waals surface area contributed by atoms with Gasteiger partial charge >= 0.3 is 0 Å². The van der Waals surface area contributed by atoms with E-state index >= 15 is 0 Å². The van der Waals surface area contributed by atoms with Crippen molar-refractivity contribution in [3.63, 3.8) is 0 Å². The number of halogens is 2. The lowest BCUT2D eigenvalue weighted by Crippen LogP contribution is -1.95. The van der Waals surface area contributed by atoms with Crippen LogP contribution in [0.25, 0.3) is 0 Å². The molecular formula is C9H8Cl2N2. The van der Waals surface area contributed by atoms with Gasteiger partial charge in [0.25, 0.3) is 0 Å². The number of rotatable bonds is 1. The SMILES string of the molecule is C=NC(=NC)c1cc(Cl)cc(Cl)c1. The van der Waals surface area contributed by atoms with Crippen LogP contribution in [0.1, 0.15) is 5.56 Å². The molecule has 0 spiro atoms. The van der Waals surface area contributed by atoms with Gasteiger partial charge < -0.3 is 0 Å². The summed E-state index contributed by atoms with van der Waals surface area (Å²) in [6, 6.07) is 5.14. The highest BCUT2D eigenvalue weighted by Gasteiger charge is 2.02. The van der Waals surface area contributed by atoms with E-state index in [1.807, 2.05) is 0 Å². The fourth-order valence-electron chi connectivity index (χ4n) is 0.974. The molecule has 1 aromatic rings. The number of amidine groups is 1. The number of aliphatic imine (C=N–C) groups is 2. The van der Waals surface area contributed by atoms with Gasteiger partial charge in [-0.3, -0.25) is 4.99 Å². The average Bonchev–Trinajstić information content (AvgIpc) is 2.04. The molecule has 2 nitrogen and oxygen atoms in total. The lowest BCUT2D eigenvalue weighted by molar-refractivity contribution is 1.39. The van der Waals surface area contributed by atoms with Gasteiger partial charge in [0.15, 0.2) is 5.84 Å². The normalized spacial score (nSPS) is 11.5. The Labute approximate surface area is 86.9 Å². The topological polar surface area (TPSA) is 24.7 Å². The van der Waals surface area contributed by atoms with Gasteiger partial charge in [-0.2, -0.15) is 0 Å². The maximum absolute atomic E-state index is 5.81. The third kappa shape index (κ3) is 2.54. The maximum Gasteiger partial charge on any atom is 0.153 e. The number of nitrogens with zero attached hydrogens (tertiary/aromatic N) is 2. The molecule has 0 N–H and O–H groups in total. The van der Waals surface area contributed by atoms with Crippen molar-refractivity contribution in [1.82, 2.24) is 0 Å². The van der Waals surface area contributed by atoms with Gasteiger partial charge in [-0.1, -0.05) is 23.2 Å². The summed E-state index contributed by atoms with van der Waals surface area (Å²) in [5.41, 5.74) is 0.773. The summed E-state index contributed by atoms with van der Waals surface area (Å²) in [6.07, 6.45) is 0. The molecule has 0 atom stereocenters. The second-order valence-electron chi connectivity index (χ2n) is 2.36. The molecule has 0 fully saturated rings. The maximum atomic E-state index is 5.81. The molecule has 0 aliphatic carbocycles. The minimum atomic E-state index is 0.532. The number of benzene rings is 1. The predicted molar refractivity (Wildman–Crippen MR) is 58.5 cm³/mol. The van der Waals surface area contributed by atoms with Gasteiger partial charge in [0, 0.05) is 22.7 Å². The van der Waals surface area contributed by atoms with Gasteiger partial charge in [-0.05, 0) is 24.9 Å². The van der Waals surface area contributed by atoms with Gasteiger partial charge in [0.2, 0.25) is 0 Å². The molecule has 0 radical (unpaired) electrons. The molecule has 0 saturated heterocycles. The van der Waals surface area contributed by atoms with Crippen LogP contribution >= 0.6 is 23.2 Å². The van der Waals surface area contributed by atoms with Crippen molar-refractivity contribution in [2.45, 2.75) is 0 Å². The Balaban J connectivity index is 3.21. The molecular weight excluding hydrogens is 207 g/mol. The third-order valence-corrected chi connectivity index (χ3v) is 1.92. The predicted octanol–water partition coefficient (Wildman–Crippen LogP) is 3.07.